The number of aryl methyl sites for hydroxylation is 1. The molecule has 0 spiro atoms. The maximum Gasteiger partial charge on any atom is 0.124 e. The van der Waals surface area contributed by atoms with E-state index in [1.54, 1.807) is 13.3 Å². The lowest BCUT2D eigenvalue weighted by molar-refractivity contribution is 0.402. The van der Waals surface area contributed by atoms with E-state index in [1.807, 2.05) is 35.9 Å². The SMILES string of the molecule is CCn1ncc(Br)c1C(NN)c1ccccc1OC. The lowest BCUT2D eigenvalue weighted by Crippen LogP contribution is -2.31. The van der Waals surface area contributed by atoms with Crippen LogP contribution in [-0.2, 0) is 6.54 Å². The summed E-state index contributed by atoms with van der Waals surface area (Å²) in [7, 11) is 1.65. The Bertz CT molecular complexity index is 555. The fourth-order valence-electron chi connectivity index (χ4n) is 2.13. The van der Waals surface area contributed by atoms with Crippen LogP contribution in [0.5, 0.6) is 5.75 Å². The summed E-state index contributed by atoms with van der Waals surface area (Å²) in [4.78, 5) is 0. The monoisotopic (exact) mass is 324 g/mol. The number of nitrogens with one attached hydrogen (secondary N) is 1. The van der Waals surface area contributed by atoms with E-state index in [-0.39, 0.29) is 6.04 Å². The normalized spacial score (nSPS) is 12.4. The van der Waals surface area contributed by atoms with Gasteiger partial charge in [-0.25, -0.2) is 5.43 Å². The first-order valence-electron chi connectivity index (χ1n) is 6.03. The van der Waals surface area contributed by atoms with E-state index in [0.717, 1.165) is 28.0 Å². The number of aromatic nitrogens is 2. The highest BCUT2D eigenvalue weighted by atomic mass is 79.9. The Labute approximate surface area is 120 Å². The van der Waals surface area contributed by atoms with Crippen molar-refractivity contribution in [3.8, 4) is 5.75 Å². The molecule has 2 rings (SSSR count). The molecule has 5 nitrogen and oxygen atoms in total. The van der Waals surface area contributed by atoms with E-state index in [9.17, 15) is 0 Å². The number of rotatable bonds is 5. The van der Waals surface area contributed by atoms with Crippen molar-refractivity contribution in [2.75, 3.05) is 7.11 Å². The first-order valence-corrected chi connectivity index (χ1v) is 6.82. The molecule has 0 aliphatic rings. The van der Waals surface area contributed by atoms with E-state index in [2.05, 4.69) is 26.5 Å². The zero-order chi connectivity index (χ0) is 13.8. The molecule has 0 amide bonds. The molecule has 1 aromatic carbocycles. The van der Waals surface area contributed by atoms with Crippen LogP contribution in [0.3, 0.4) is 0 Å². The largest absolute Gasteiger partial charge is 0.496 e. The summed E-state index contributed by atoms with van der Waals surface area (Å²) in [6.45, 7) is 2.81. The van der Waals surface area contributed by atoms with Crippen LogP contribution in [-0.4, -0.2) is 16.9 Å². The average Bonchev–Trinajstić information content (AvgIpc) is 2.82. The summed E-state index contributed by atoms with van der Waals surface area (Å²) >= 11 is 3.52. The maximum absolute atomic E-state index is 5.74. The number of hydrogen-bond donors (Lipinski definition) is 2. The summed E-state index contributed by atoms with van der Waals surface area (Å²) in [5.41, 5.74) is 4.80. The van der Waals surface area contributed by atoms with E-state index in [1.165, 1.54) is 0 Å². The molecule has 0 aliphatic carbocycles. The van der Waals surface area contributed by atoms with Crippen molar-refractivity contribution >= 4 is 15.9 Å². The van der Waals surface area contributed by atoms with E-state index in [0.29, 0.717) is 0 Å². The highest BCUT2D eigenvalue weighted by molar-refractivity contribution is 9.10. The quantitative estimate of drug-likeness (QED) is 0.654. The molecule has 1 atom stereocenters. The molecular weight excluding hydrogens is 308 g/mol. The number of ether oxygens (including phenoxy) is 1. The third-order valence-electron chi connectivity index (χ3n) is 3.02. The number of methoxy groups -OCH3 is 1. The van der Waals surface area contributed by atoms with Gasteiger partial charge in [-0.15, -0.1) is 0 Å². The highest BCUT2D eigenvalue weighted by Gasteiger charge is 2.23. The van der Waals surface area contributed by atoms with Gasteiger partial charge < -0.3 is 4.74 Å². The Morgan fingerprint density at radius 2 is 2.21 bits per heavy atom. The lowest BCUT2D eigenvalue weighted by atomic mass is 10.0. The minimum atomic E-state index is -0.187. The zero-order valence-corrected chi connectivity index (χ0v) is 12.5. The molecule has 0 aliphatic heterocycles. The molecule has 6 heteroatoms. The maximum atomic E-state index is 5.74. The third kappa shape index (κ3) is 2.65. The first kappa shape index (κ1) is 14.0. The van der Waals surface area contributed by atoms with Crippen LogP contribution < -0.4 is 16.0 Å². The molecule has 3 N–H and O–H groups in total. The van der Waals surface area contributed by atoms with Crippen molar-refractivity contribution in [3.63, 3.8) is 0 Å². The fourth-order valence-corrected chi connectivity index (χ4v) is 2.66. The van der Waals surface area contributed by atoms with Gasteiger partial charge >= 0.3 is 0 Å². The minimum Gasteiger partial charge on any atom is -0.496 e. The van der Waals surface area contributed by atoms with E-state index >= 15 is 0 Å². The number of halogens is 1. The van der Waals surface area contributed by atoms with Gasteiger partial charge in [0.25, 0.3) is 0 Å². The summed E-state index contributed by atoms with van der Waals surface area (Å²) in [5.74, 6) is 6.54. The predicted octanol–water partition coefficient (Wildman–Crippen LogP) is 2.23. The summed E-state index contributed by atoms with van der Waals surface area (Å²) in [6, 6.07) is 7.61. The minimum absolute atomic E-state index is 0.187. The van der Waals surface area contributed by atoms with Crippen LogP contribution in [0.25, 0.3) is 0 Å². The Kier molecular flexibility index (Phi) is 4.57. The van der Waals surface area contributed by atoms with Gasteiger partial charge in [0.2, 0.25) is 0 Å². The first-order chi connectivity index (χ1) is 9.22. The molecule has 0 saturated carbocycles. The van der Waals surface area contributed by atoms with Crippen LogP contribution in [0.1, 0.15) is 24.2 Å². The van der Waals surface area contributed by atoms with Crippen LogP contribution in [0.4, 0.5) is 0 Å². The number of nitrogens with two attached hydrogens (primary N) is 1. The molecule has 0 radical (unpaired) electrons. The van der Waals surface area contributed by atoms with Gasteiger partial charge in [-0.2, -0.15) is 5.10 Å². The summed E-state index contributed by atoms with van der Waals surface area (Å²) in [5, 5.41) is 4.32. The van der Waals surface area contributed by atoms with Crippen molar-refractivity contribution in [2.45, 2.75) is 19.5 Å². The van der Waals surface area contributed by atoms with E-state index < -0.39 is 0 Å². The van der Waals surface area contributed by atoms with Crippen molar-refractivity contribution in [2.24, 2.45) is 5.84 Å². The molecular formula is C13H17BrN4O. The van der Waals surface area contributed by atoms with Crippen LogP contribution in [0.2, 0.25) is 0 Å². The molecule has 0 bridgehead atoms. The molecule has 0 saturated heterocycles. The summed E-state index contributed by atoms with van der Waals surface area (Å²) in [6.07, 6.45) is 1.78. The number of para-hydroxylation sites is 1. The summed E-state index contributed by atoms with van der Waals surface area (Å²) < 4.78 is 8.22. The van der Waals surface area contributed by atoms with Gasteiger partial charge in [0.15, 0.2) is 0 Å². The molecule has 1 aromatic heterocycles. The zero-order valence-electron chi connectivity index (χ0n) is 10.9. The highest BCUT2D eigenvalue weighted by Crippen LogP contribution is 2.33. The van der Waals surface area contributed by atoms with Crippen molar-refractivity contribution < 1.29 is 4.74 Å². The topological polar surface area (TPSA) is 65.1 Å². The van der Waals surface area contributed by atoms with Gasteiger partial charge in [-0.1, -0.05) is 18.2 Å². The van der Waals surface area contributed by atoms with Crippen molar-refractivity contribution in [3.05, 3.63) is 46.2 Å². The Balaban J connectivity index is 2.53. The lowest BCUT2D eigenvalue weighted by Gasteiger charge is -2.20. The molecule has 102 valence electrons. The number of benzene rings is 1. The Morgan fingerprint density at radius 3 is 2.84 bits per heavy atom. The van der Waals surface area contributed by atoms with Crippen molar-refractivity contribution in [1.82, 2.24) is 15.2 Å². The average molecular weight is 325 g/mol. The second kappa shape index (κ2) is 6.18. The third-order valence-corrected chi connectivity index (χ3v) is 3.63. The van der Waals surface area contributed by atoms with Crippen molar-refractivity contribution in [1.29, 1.82) is 0 Å². The molecule has 19 heavy (non-hydrogen) atoms. The van der Waals surface area contributed by atoms with Crippen LogP contribution in [0, 0.1) is 0 Å². The van der Waals surface area contributed by atoms with Crippen LogP contribution >= 0.6 is 15.9 Å². The molecule has 1 heterocycles. The molecule has 2 aromatic rings. The smallest absolute Gasteiger partial charge is 0.124 e. The number of hydrogen-bond acceptors (Lipinski definition) is 4. The Hall–Kier alpha value is -1.37. The number of nitrogens with zero attached hydrogens (tertiary/aromatic N) is 2. The molecule has 1 unspecified atom stereocenters. The van der Waals surface area contributed by atoms with Crippen LogP contribution in [0.15, 0.2) is 34.9 Å². The van der Waals surface area contributed by atoms with Gasteiger partial charge in [0.1, 0.15) is 5.75 Å². The van der Waals surface area contributed by atoms with Gasteiger partial charge in [0, 0.05) is 12.1 Å². The fraction of sp³-hybridized carbons (Fsp3) is 0.308. The van der Waals surface area contributed by atoms with Gasteiger partial charge in [0.05, 0.1) is 29.5 Å². The second-order valence-corrected chi connectivity index (χ2v) is 4.89. The Morgan fingerprint density at radius 1 is 1.47 bits per heavy atom. The second-order valence-electron chi connectivity index (χ2n) is 4.04. The number of hydrazine groups is 1. The van der Waals surface area contributed by atoms with Gasteiger partial charge in [-0.3, -0.25) is 10.5 Å². The predicted molar refractivity (Wildman–Crippen MR) is 77.8 cm³/mol. The van der Waals surface area contributed by atoms with Gasteiger partial charge in [-0.05, 0) is 28.9 Å². The standard InChI is InChI=1S/C13H17BrN4O/c1-3-18-13(10(14)8-16-18)12(17-15)9-6-4-5-7-11(9)19-2/h4-8,12,17H,3,15H2,1-2H3. The van der Waals surface area contributed by atoms with E-state index in [4.69, 9.17) is 10.6 Å². The molecule has 0 fully saturated rings.